The van der Waals surface area contributed by atoms with E-state index in [4.69, 9.17) is 5.11 Å². The van der Waals surface area contributed by atoms with Crippen molar-refractivity contribution in [2.24, 2.45) is 0 Å². The van der Waals surface area contributed by atoms with Gasteiger partial charge in [0.1, 0.15) is 11.6 Å². The standard InChI is InChI=1S/C15H13F2NO2/c16-12-5-6-13(17)14(8-12)18-9-11-3-1-10(2-4-11)7-15(19)20/h1-6,8,18H,7,9H2,(H,19,20). The predicted octanol–water partition coefficient (Wildman–Crippen LogP) is 3.20. The van der Waals surface area contributed by atoms with E-state index in [1.807, 2.05) is 0 Å². The van der Waals surface area contributed by atoms with Crippen LogP contribution in [0.3, 0.4) is 0 Å². The van der Waals surface area contributed by atoms with Gasteiger partial charge >= 0.3 is 5.97 Å². The molecule has 0 saturated heterocycles. The predicted molar refractivity (Wildman–Crippen MR) is 71.5 cm³/mol. The Kier molecular flexibility index (Phi) is 4.30. The number of halogens is 2. The average Bonchev–Trinajstić information content (AvgIpc) is 2.41. The second-order valence-corrected chi connectivity index (χ2v) is 4.36. The summed E-state index contributed by atoms with van der Waals surface area (Å²) in [6.45, 7) is 0.327. The van der Waals surface area contributed by atoms with Gasteiger partial charge in [-0.1, -0.05) is 24.3 Å². The van der Waals surface area contributed by atoms with Crippen molar-refractivity contribution < 1.29 is 18.7 Å². The minimum atomic E-state index is -0.891. The lowest BCUT2D eigenvalue weighted by Gasteiger charge is -2.08. The second-order valence-electron chi connectivity index (χ2n) is 4.36. The Bertz CT molecular complexity index is 612. The maximum absolute atomic E-state index is 13.4. The topological polar surface area (TPSA) is 49.3 Å². The van der Waals surface area contributed by atoms with E-state index in [1.54, 1.807) is 24.3 Å². The van der Waals surface area contributed by atoms with E-state index in [-0.39, 0.29) is 12.1 Å². The van der Waals surface area contributed by atoms with Gasteiger partial charge < -0.3 is 10.4 Å². The fourth-order valence-electron chi connectivity index (χ4n) is 1.78. The van der Waals surface area contributed by atoms with Crippen molar-refractivity contribution in [1.29, 1.82) is 0 Å². The van der Waals surface area contributed by atoms with Crippen LogP contribution in [0.25, 0.3) is 0 Å². The molecule has 104 valence electrons. The summed E-state index contributed by atoms with van der Waals surface area (Å²) in [4.78, 5) is 10.5. The third kappa shape index (κ3) is 3.78. The van der Waals surface area contributed by atoms with Gasteiger partial charge in [-0.05, 0) is 29.3 Å². The lowest BCUT2D eigenvalue weighted by Crippen LogP contribution is -2.03. The van der Waals surface area contributed by atoms with Crippen molar-refractivity contribution in [2.45, 2.75) is 13.0 Å². The Balaban J connectivity index is 2.00. The van der Waals surface area contributed by atoms with Crippen molar-refractivity contribution in [3.8, 4) is 0 Å². The summed E-state index contributed by atoms with van der Waals surface area (Å²) in [5.41, 5.74) is 1.64. The Morgan fingerprint density at radius 2 is 1.70 bits per heavy atom. The van der Waals surface area contributed by atoms with Crippen LogP contribution in [-0.2, 0) is 17.8 Å². The highest BCUT2D eigenvalue weighted by Gasteiger charge is 2.04. The largest absolute Gasteiger partial charge is 0.481 e. The number of carboxylic acid groups (broad SMARTS) is 1. The third-order valence-corrected chi connectivity index (χ3v) is 2.79. The van der Waals surface area contributed by atoms with E-state index in [2.05, 4.69) is 5.32 Å². The van der Waals surface area contributed by atoms with Crippen LogP contribution in [0.5, 0.6) is 0 Å². The van der Waals surface area contributed by atoms with Gasteiger partial charge in [-0.25, -0.2) is 8.78 Å². The summed E-state index contributed by atoms with van der Waals surface area (Å²) in [5.74, 6) is -1.92. The van der Waals surface area contributed by atoms with E-state index < -0.39 is 17.6 Å². The number of benzene rings is 2. The molecular weight excluding hydrogens is 264 g/mol. The van der Waals surface area contributed by atoms with Crippen molar-refractivity contribution in [2.75, 3.05) is 5.32 Å². The summed E-state index contributed by atoms with van der Waals surface area (Å²) in [6, 6.07) is 10.1. The normalized spacial score (nSPS) is 10.3. The van der Waals surface area contributed by atoms with E-state index in [1.165, 1.54) is 0 Å². The van der Waals surface area contributed by atoms with Crippen LogP contribution >= 0.6 is 0 Å². The molecule has 20 heavy (non-hydrogen) atoms. The van der Waals surface area contributed by atoms with Gasteiger partial charge in [0.05, 0.1) is 12.1 Å². The van der Waals surface area contributed by atoms with E-state index in [9.17, 15) is 13.6 Å². The Morgan fingerprint density at radius 1 is 1.05 bits per heavy atom. The van der Waals surface area contributed by atoms with Crippen LogP contribution in [-0.4, -0.2) is 11.1 Å². The van der Waals surface area contributed by atoms with Gasteiger partial charge in [-0.2, -0.15) is 0 Å². The first-order chi connectivity index (χ1) is 9.54. The first kappa shape index (κ1) is 14.0. The summed E-state index contributed by atoms with van der Waals surface area (Å²) in [5, 5.41) is 11.5. The van der Waals surface area contributed by atoms with Gasteiger partial charge in [-0.15, -0.1) is 0 Å². The number of anilines is 1. The van der Waals surface area contributed by atoms with Crippen molar-refractivity contribution in [3.63, 3.8) is 0 Å². The fraction of sp³-hybridized carbons (Fsp3) is 0.133. The molecule has 2 N–H and O–H groups in total. The van der Waals surface area contributed by atoms with Gasteiger partial charge in [-0.3, -0.25) is 4.79 Å². The zero-order valence-corrected chi connectivity index (χ0v) is 10.6. The molecule has 0 saturated carbocycles. The van der Waals surface area contributed by atoms with Crippen LogP contribution in [0.1, 0.15) is 11.1 Å². The molecule has 5 heteroatoms. The Morgan fingerprint density at radius 3 is 2.35 bits per heavy atom. The molecule has 0 unspecified atom stereocenters. The minimum Gasteiger partial charge on any atom is -0.481 e. The number of nitrogens with one attached hydrogen (secondary N) is 1. The molecule has 0 fully saturated rings. The molecular formula is C15H13F2NO2. The van der Waals surface area contributed by atoms with Crippen LogP contribution in [0.2, 0.25) is 0 Å². The number of aliphatic carboxylic acids is 1. The lowest BCUT2D eigenvalue weighted by atomic mass is 10.1. The van der Waals surface area contributed by atoms with E-state index >= 15 is 0 Å². The maximum Gasteiger partial charge on any atom is 0.307 e. The molecule has 0 heterocycles. The lowest BCUT2D eigenvalue weighted by molar-refractivity contribution is -0.136. The summed E-state index contributed by atoms with van der Waals surface area (Å²) >= 11 is 0. The SMILES string of the molecule is O=C(O)Cc1ccc(CNc2cc(F)ccc2F)cc1. The number of carbonyl (C=O) groups is 1. The highest BCUT2D eigenvalue weighted by Crippen LogP contribution is 2.16. The minimum absolute atomic E-state index is 0.0355. The quantitative estimate of drug-likeness (QED) is 0.882. The molecule has 2 aromatic rings. The van der Waals surface area contributed by atoms with Crippen molar-refractivity contribution in [1.82, 2.24) is 0 Å². The molecule has 0 spiro atoms. The maximum atomic E-state index is 13.4. The highest BCUT2D eigenvalue weighted by molar-refractivity contribution is 5.70. The molecule has 3 nitrogen and oxygen atoms in total. The Labute approximate surface area is 114 Å². The highest BCUT2D eigenvalue weighted by atomic mass is 19.1. The van der Waals surface area contributed by atoms with E-state index in [0.29, 0.717) is 12.1 Å². The van der Waals surface area contributed by atoms with Crippen molar-refractivity contribution in [3.05, 3.63) is 65.2 Å². The second kappa shape index (κ2) is 6.14. The number of rotatable bonds is 5. The molecule has 2 rings (SSSR count). The summed E-state index contributed by atoms with van der Waals surface area (Å²) < 4.78 is 26.4. The molecule has 0 amide bonds. The van der Waals surface area contributed by atoms with Gasteiger partial charge in [0, 0.05) is 6.54 Å². The number of hydrogen-bond donors (Lipinski definition) is 2. The first-order valence-electron chi connectivity index (χ1n) is 6.03. The Hall–Kier alpha value is -2.43. The smallest absolute Gasteiger partial charge is 0.307 e. The molecule has 0 aliphatic carbocycles. The fourth-order valence-corrected chi connectivity index (χ4v) is 1.78. The zero-order valence-electron chi connectivity index (χ0n) is 10.6. The molecule has 2 aromatic carbocycles. The van der Waals surface area contributed by atoms with Gasteiger partial charge in [0.15, 0.2) is 0 Å². The number of carboxylic acids is 1. The molecule has 0 aliphatic heterocycles. The molecule has 0 radical (unpaired) electrons. The van der Waals surface area contributed by atoms with Gasteiger partial charge in [0.25, 0.3) is 0 Å². The molecule has 0 atom stereocenters. The summed E-state index contributed by atoms with van der Waals surface area (Å²) in [6.07, 6.45) is -0.0355. The van der Waals surface area contributed by atoms with Crippen LogP contribution in [0.4, 0.5) is 14.5 Å². The van der Waals surface area contributed by atoms with Crippen LogP contribution in [0.15, 0.2) is 42.5 Å². The molecule has 0 aromatic heterocycles. The average molecular weight is 277 g/mol. The third-order valence-electron chi connectivity index (χ3n) is 2.79. The molecule has 0 aliphatic rings. The molecule has 0 bridgehead atoms. The van der Waals surface area contributed by atoms with Crippen molar-refractivity contribution >= 4 is 11.7 Å². The zero-order chi connectivity index (χ0) is 14.5. The van der Waals surface area contributed by atoms with Gasteiger partial charge in [0.2, 0.25) is 0 Å². The monoisotopic (exact) mass is 277 g/mol. The first-order valence-corrected chi connectivity index (χ1v) is 6.03. The van der Waals surface area contributed by atoms with Crippen LogP contribution < -0.4 is 5.32 Å². The summed E-state index contributed by atoms with van der Waals surface area (Å²) in [7, 11) is 0. The number of hydrogen-bond acceptors (Lipinski definition) is 2. The van der Waals surface area contributed by atoms with E-state index in [0.717, 1.165) is 23.8 Å². The van der Waals surface area contributed by atoms with Crippen LogP contribution in [0, 0.1) is 11.6 Å².